The largest absolute Gasteiger partial charge is 0.393 e. The summed E-state index contributed by atoms with van der Waals surface area (Å²) in [6.07, 6.45) is 1.75. The molecule has 1 aliphatic carbocycles. The van der Waals surface area contributed by atoms with Gasteiger partial charge in [0.2, 0.25) is 0 Å². The average Bonchev–Trinajstić information content (AvgIpc) is 2.49. The molecule has 1 aromatic heterocycles. The van der Waals surface area contributed by atoms with E-state index in [1.807, 2.05) is 0 Å². The van der Waals surface area contributed by atoms with Crippen LogP contribution in [-0.4, -0.2) is 17.3 Å². The van der Waals surface area contributed by atoms with Crippen molar-refractivity contribution in [1.29, 1.82) is 0 Å². The van der Waals surface area contributed by atoms with Gasteiger partial charge in [-0.3, -0.25) is 0 Å². The van der Waals surface area contributed by atoms with Gasteiger partial charge >= 0.3 is 0 Å². The van der Waals surface area contributed by atoms with Crippen molar-refractivity contribution in [3.8, 4) is 0 Å². The van der Waals surface area contributed by atoms with Gasteiger partial charge in [0.15, 0.2) is 0 Å². The lowest BCUT2D eigenvalue weighted by Gasteiger charge is -2.34. The normalized spacial score (nSPS) is 28.5. The van der Waals surface area contributed by atoms with Gasteiger partial charge in [-0.15, -0.1) is 11.3 Å². The first-order valence-electron chi connectivity index (χ1n) is 5.14. The van der Waals surface area contributed by atoms with Gasteiger partial charge in [0, 0.05) is 17.0 Å². The molecular weight excluding hydrogens is 194 g/mol. The summed E-state index contributed by atoms with van der Waals surface area (Å²) >= 11 is 1.80. The maximum Gasteiger partial charge on any atom is 0.0570 e. The molecule has 1 heterocycles. The molecule has 1 unspecified atom stereocenters. The fourth-order valence-corrected chi connectivity index (χ4v) is 2.66. The van der Waals surface area contributed by atoms with Crippen LogP contribution in [0.25, 0.3) is 0 Å². The third-order valence-electron chi connectivity index (χ3n) is 2.85. The Hall–Kier alpha value is -0.380. The second-order valence-electron chi connectivity index (χ2n) is 4.20. The molecule has 78 valence electrons. The lowest BCUT2D eigenvalue weighted by molar-refractivity contribution is 0.0586. The highest BCUT2D eigenvalue weighted by molar-refractivity contribution is 7.10. The third kappa shape index (κ3) is 2.16. The maximum atomic E-state index is 9.17. The van der Waals surface area contributed by atoms with E-state index in [2.05, 4.69) is 30.6 Å². The van der Waals surface area contributed by atoms with Crippen molar-refractivity contribution in [2.24, 2.45) is 0 Å². The Morgan fingerprint density at radius 1 is 1.57 bits per heavy atom. The first-order chi connectivity index (χ1) is 6.65. The van der Waals surface area contributed by atoms with Crippen LogP contribution in [-0.2, 0) is 0 Å². The zero-order valence-corrected chi connectivity index (χ0v) is 9.47. The van der Waals surface area contributed by atoms with E-state index in [1.165, 1.54) is 10.4 Å². The molecule has 0 saturated heterocycles. The molecule has 0 amide bonds. The highest BCUT2D eigenvalue weighted by atomic mass is 32.1. The standard InChI is InChI=1S/C11H17NOS/c1-7-3-9(6-14-7)8(2)12-10-4-11(13)5-10/h3,6,8,10-13H,4-5H2,1-2H3. The molecule has 3 heteroatoms. The van der Waals surface area contributed by atoms with Crippen LogP contribution in [0.4, 0.5) is 0 Å². The molecule has 1 aliphatic rings. The van der Waals surface area contributed by atoms with Crippen LogP contribution >= 0.6 is 11.3 Å². The fraction of sp³-hybridized carbons (Fsp3) is 0.636. The molecule has 1 aromatic rings. The van der Waals surface area contributed by atoms with E-state index >= 15 is 0 Å². The Morgan fingerprint density at radius 2 is 2.29 bits per heavy atom. The molecule has 14 heavy (non-hydrogen) atoms. The molecule has 0 bridgehead atoms. The van der Waals surface area contributed by atoms with Gasteiger partial charge in [-0.25, -0.2) is 0 Å². The molecule has 2 nitrogen and oxygen atoms in total. The van der Waals surface area contributed by atoms with E-state index in [1.54, 1.807) is 11.3 Å². The van der Waals surface area contributed by atoms with Crippen LogP contribution in [0, 0.1) is 6.92 Å². The number of aliphatic hydroxyl groups is 1. The number of aliphatic hydroxyl groups excluding tert-OH is 1. The quantitative estimate of drug-likeness (QED) is 0.803. The monoisotopic (exact) mass is 211 g/mol. The molecule has 1 saturated carbocycles. The lowest BCUT2D eigenvalue weighted by atomic mass is 9.88. The first-order valence-corrected chi connectivity index (χ1v) is 6.02. The van der Waals surface area contributed by atoms with Gasteiger partial charge in [-0.1, -0.05) is 0 Å². The minimum Gasteiger partial charge on any atom is -0.393 e. The zero-order valence-electron chi connectivity index (χ0n) is 8.66. The minimum atomic E-state index is -0.0658. The molecule has 1 fully saturated rings. The highest BCUT2D eigenvalue weighted by Crippen LogP contribution is 2.25. The van der Waals surface area contributed by atoms with Crippen molar-refractivity contribution >= 4 is 11.3 Å². The van der Waals surface area contributed by atoms with Gasteiger partial charge < -0.3 is 10.4 Å². The number of thiophene rings is 1. The molecule has 2 rings (SSSR count). The van der Waals surface area contributed by atoms with Gasteiger partial charge in [0.25, 0.3) is 0 Å². The van der Waals surface area contributed by atoms with Crippen LogP contribution in [0.1, 0.15) is 36.2 Å². The summed E-state index contributed by atoms with van der Waals surface area (Å²) in [6.45, 7) is 4.32. The van der Waals surface area contributed by atoms with Crippen LogP contribution < -0.4 is 5.32 Å². The van der Waals surface area contributed by atoms with Gasteiger partial charge in [-0.2, -0.15) is 0 Å². The molecule has 0 aromatic carbocycles. The van der Waals surface area contributed by atoms with E-state index in [9.17, 15) is 0 Å². The van der Waals surface area contributed by atoms with Crippen molar-refractivity contribution in [1.82, 2.24) is 5.32 Å². The van der Waals surface area contributed by atoms with Crippen molar-refractivity contribution in [3.63, 3.8) is 0 Å². The van der Waals surface area contributed by atoms with Crippen molar-refractivity contribution in [3.05, 3.63) is 21.9 Å². The number of aryl methyl sites for hydroxylation is 1. The molecule has 0 spiro atoms. The summed E-state index contributed by atoms with van der Waals surface area (Å²) in [5, 5.41) is 14.9. The lowest BCUT2D eigenvalue weighted by Crippen LogP contribution is -2.44. The predicted octanol–water partition coefficient (Wildman–Crippen LogP) is 2.23. The first kappa shape index (κ1) is 10.1. The van der Waals surface area contributed by atoms with Crippen molar-refractivity contribution in [2.75, 3.05) is 0 Å². The Balaban J connectivity index is 1.86. The highest BCUT2D eigenvalue weighted by Gasteiger charge is 2.28. The number of hydrogen-bond acceptors (Lipinski definition) is 3. The predicted molar refractivity (Wildman–Crippen MR) is 59.6 cm³/mol. The van der Waals surface area contributed by atoms with Gasteiger partial charge in [0.05, 0.1) is 6.10 Å². The average molecular weight is 211 g/mol. The fourth-order valence-electron chi connectivity index (χ4n) is 1.86. The van der Waals surface area contributed by atoms with Crippen LogP contribution in [0.2, 0.25) is 0 Å². The Morgan fingerprint density at radius 3 is 2.79 bits per heavy atom. The van der Waals surface area contributed by atoms with Gasteiger partial charge in [-0.05, 0) is 43.7 Å². The number of hydrogen-bond donors (Lipinski definition) is 2. The van der Waals surface area contributed by atoms with Crippen molar-refractivity contribution < 1.29 is 5.11 Å². The van der Waals surface area contributed by atoms with E-state index in [4.69, 9.17) is 5.11 Å². The SMILES string of the molecule is Cc1cc(C(C)NC2CC(O)C2)cs1. The topological polar surface area (TPSA) is 32.3 Å². The molecule has 0 aliphatic heterocycles. The summed E-state index contributed by atoms with van der Waals surface area (Å²) < 4.78 is 0. The summed E-state index contributed by atoms with van der Waals surface area (Å²) in [5.74, 6) is 0. The molecule has 1 atom stereocenters. The Bertz CT molecular complexity index is 304. The summed E-state index contributed by atoms with van der Waals surface area (Å²) in [4.78, 5) is 1.36. The molecular formula is C11H17NOS. The Labute approximate surface area is 89.0 Å². The summed E-state index contributed by atoms with van der Waals surface area (Å²) in [5.41, 5.74) is 1.37. The van der Waals surface area contributed by atoms with Crippen LogP contribution in [0.5, 0.6) is 0 Å². The van der Waals surface area contributed by atoms with Crippen LogP contribution in [0.15, 0.2) is 11.4 Å². The third-order valence-corrected chi connectivity index (χ3v) is 3.73. The van der Waals surface area contributed by atoms with E-state index in [0.29, 0.717) is 12.1 Å². The molecule has 2 N–H and O–H groups in total. The molecule has 0 radical (unpaired) electrons. The number of nitrogens with one attached hydrogen (secondary N) is 1. The summed E-state index contributed by atoms with van der Waals surface area (Å²) in [6, 6.07) is 3.16. The summed E-state index contributed by atoms with van der Waals surface area (Å²) in [7, 11) is 0. The van der Waals surface area contributed by atoms with E-state index < -0.39 is 0 Å². The second-order valence-corrected chi connectivity index (χ2v) is 5.32. The Kier molecular flexibility index (Phi) is 2.91. The maximum absolute atomic E-state index is 9.17. The minimum absolute atomic E-state index is 0.0658. The smallest absolute Gasteiger partial charge is 0.0570 e. The zero-order chi connectivity index (χ0) is 10.1. The van der Waals surface area contributed by atoms with Crippen molar-refractivity contribution in [2.45, 2.75) is 44.9 Å². The second kappa shape index (κ2) is 4.01. The van der Waals surface area contributed by atoms with E-state index in [-0.39, 0.29) is 6.10 Å². The van der Waals surface area contributed by atoms with E-state index in [0.717, 1.165) is 12.8 Å². The van der Waals surface area contributed by atoms with Gasteiger partial charge in [0.1, 0.15) is 0 Å². The number of rotatable bonds is 3. The van der Waals surface area contributed by atoms with Crippen LogP contribution in [0.3, 0.4) is 0 Å².